The molecule has 0 aliphatic rings. The Labute approximate surface area is 179 Å². The number of anilines is 1. The molecule has 0 radical (unpaired) electrons. The van der Waals surface area contributed by atoms with Crippen LogP contribution in [0.2, 0.25) is 15.1 Å². The van der Waals surface area contributed by atoms with E-state index in [9.17, 15) is 4.79 Å². The van der Waals surface area contributed by atoms with E-state index in [1.807, 2.05) is 24.3 Å². The maximum absolute atomic E-state index is 12.0. The number of rotatable bonds is 7. The van der Waals surface area contributed by atoms with Crippen LogP contribution in [0.25, 0.3) is 0 Å². The Kier molecular flexibility index (Phi) is 7.20. The number of aromatic nitrogens is 2. The van der Waals surface area contributed by atoms with Crippen LogP contribution < -0.4 is 10.1 Å². The molecule has 2 aromatic carbocycles. The number of hydrogen-bond donors (Lipinski definition) is 1. The van der Waals surface area contributed by atoms with Gasteiger partial charge < -0.3 is 4.74 Å². The lowest BCUT2D eigenvalue weighted by Crippen LogP contribution is -2.20. The number of nitrogens with one attached hydrogen (secondary N) is 1. The molecule has 0 fully saturated rings. The fourth-order valence-electron chi connectivity index (χ4n) is 1.96. The first-order valence-corrected chi connectivity index (χ1v) is 10.5. The van der Waals surface area contributed by atoms with Crippen molar-refractivity contribution in [2.75, 3.05) is 11.9 Å². The summed E-state index contributed by atoms with van der Waals surface area (Å²) in [5, 5.41) is 12.6. The Hall–Kier alpha value is -1.51. The third-order valence-corrected chi connectivity index (χ3v) is 6.13. The van der Waals surface area contributed by atoms with E-state index >= 15 is 0 Å². The quantitative estimate of drug-likeness (QED) is 0.356. The van der Waals surface area contributed by atoms with Crippen LogP contribution in [0.4, 0.5) is 5.13 Å². The molecule has 3 rings (SSSR count). The van der Waals surface area contributed by atoms with E-state index in [0.717, 1.165) is 9.90 Å². The van der Waals surface area contributed by atoms with E-state index < -0.39 is 0 Å². The van der Waals surface area contributed by atoms with Crippen LogP contribution in [0.1, 0.15) is 5.56 Å². The first kappa shape index (κ1) is 20.2. The Balaban J connectivity index is 1.49. The van der Waals surface area contributed by atoms with Gasteiger partial charge in [0, 0.05) is 15.8 Å². The maximum atomic E-state index is 12.0. The van der Waals surface area contributed by atoms with Crippen LogP contribution in [0.3, 0.4) is 0 Å². The molecule has 0 bridgehead atoms. The van der Waals surface area contributed by atoms with Crippen molar-refractivity contribution < 1.29 is 9.53 Å². The average Bonchev–Trinajstić information content (AvgIpc) is 3.07. The summed E-state index contributed by atoms with van der Waals surface area (Å²) in [7, 11) is 0. The van der Waals surface area contributed by atoms with Crippen LogP contribution >= 0.6 is 57.9 Å². The molecule has 0 aliphatic heterocycles. The van der Waals surface area contributed by atoms with Crippen molar-refractivity contribution in [2.24, 2.45) is 0 Å². The van der Waals surface area contributed by atoms with Crippen molar-refractivity contribution in [3.63, 3.8) is 0 Å². The van der Waals surface area contributed by atoms with Gasteiger partial charge in [0.15, 0.2) is 10.9 Å². The summed E-state index contributed by atoms with van der Waals surface area (Å²) in [5.41, 5.74) is 1.01. The summed E-state index contributed by atoms with van der Waals surface area (Å²) >= 11 is 20.7. The predicted molar refractivity (Wildman–Crippen MR) is 112 cm³/mol. The van der Waals surface area contributed by atoms with Gasteiger partial charge in [-0.2, -0.15) is 0 Å². The minimum atomic E-state index is -0.361. The van der Waals surface area contributed by atoms with Gasteiger partial charge in [0.1, 0.15) is 5.75 Å². The molecular formula is C17H12Cl3N3O2S2. The van der Waals surface area contributed by atoms with Gasteiger partial charge in [-0.05, 0) is 29.8 Å². The number of benzene rings is 2. The van der Waals surface area contributed by atoms with Gasteiger partial charge in [0.25, 0.3) is 5.91 Å². The summed E-state index contributed by atoms with van der Waals surface area (Å²) in [6, 6.07) is 12.4. The zero-order valence-corrected chi connectivity index (χ0v) is 17.5. The summed E-state index contributed by atoms with van der Waals surface area (Å²) in [6.45, 7) is -0.205. The number of hydrogen-bond acceptors (Lipinski definition) is 6. The summed E-state index contributed by atoms with van der Waals surface area (Å²) in [4.78, 5) is 12.0. The molecule has 140 valence electrons. The van der Waals surface area contributed by atoms with E-state index in [0.29, 0.717) is 31.7 Å². The molecule has 0 saturated heterocycles. The number of carbonyl (C=O) groups excluding carboxylic acids is 1. The lowest BCUT2D eigenvalue weighted by atomic mass is 10.2. The van der Waals surface area contributed by atoms with E-state index in [2.05, 4.69) is 15.5 Å². The summed E-state index contributed by atoms with van der Waals surface area (Å²) < 4.78 is 6.11. The van der Waals surface area contributed by atoms with E-state index in [-0.39, 0.29) is 12.5 Å². The lowest BCUT2D eigenvalue weighted by molar-refractivity contribution is -0.118. The molecule has 5 nitrogen and oxygen atoms in total. The van der Waals surface area contributed by atoms with Crippen LogP contribution in [-0.2, 0) is 10.5 Å². The predicted octanol–water partition coefficient (Wildman–Crippen LogP) is 5.81. The maximum Gasteiger partial charge on any atom is 0.264 e. The van der Waals surface area contributed by atoms with Crippen molar-refractivity contribution in [1.82, 2.24) is 10.2 Å². The average molecular weight is 461 g/mol. The number of halogens is 3. The van der Waals surface area contributed by atoms with Crippen molar-refractivity contribution >= 4 is 68.9 Å². The molecule has 1 aromatic heterocycles. The lowest BCUT2D eigenvalue weighted by Gasteiger charge is -2.07. The smallest absolute Gasteiger partial charge is 0.264 e. The minimum absolute atomic E-state index is 0.205. The van der Waals surface area contributed by atoms with Crippen LogP contribution in [-0.4, -0.2) is 22.7 Å². The molecule has 1 heterocycles. The van der Waals surface area contributed by atoms with E-state index in [1.165, 1.54) is 23.1 Å². The first-order chi connectivity index (χ1) is 13.0. The summed E-state index contributed by atoms with van der Waals surface area (Å²) in [6.07, 6.45) is 0. The molecule has 0 unspecified atom stereocenters. The van der Waals surface area contributed by atoms with Crippen LogP contribution in [0.15, 0.2) is 46.8 Å². The highest BCUT2D eigenvalue weighted by molar-refractivity contribution is 8.00. The SMILES string of the molecule is O=C(COc1ccc(Cl)cc1Cl)Nc1nnc(SCc2ccccc2Cl)s1. The monoisotopic (exact) mass is 459 g/mol. The Morgan fingerprint density at radius 3 is 2.70 bits per heavy atom. The van der Waals surface area contributed by atoms with Crippen molar-refractivity contribution in [1.29, 1.82) is 0 Å². The molecule has 1 N–H and O–H groups in total. The third kappa shape index (κ3) is 5.99. The molecule has 0 saturated carbocycles. The second-order valence-electron chi connectivity index (χ2n) is 5.16. The molecular weight excluding hydrogens is 449 g/mol. The number of carbonyl (C=O) groups is 1. The zero-order valence-electron chi connectivity index (χ0n) is 13.6. The molecule has 0 atom stereocenters. The van der Waals surface area contributed by atoms with Crippen LogP contribution in [0.5, 0.6) is 5.75 Å². The largest absolute Gasteiger partial charge is 0.482 e. The Morgan fingerprint density at radius 2 is 1.93 bits per heavy atom. The topological polar surface area (TPSA) is 64.1 Å². The number of nitrogens with zero attached hydrogens (tertiary/aromatic N) is 2. The number of ether oxygens (including phenoxy) is 1. The Morgan fingerprint density at radius 1 is 1.11 bits per heavy atom. The zero-order chi connectivity index (χ0) is 19.2. The highest BCUT2D eigenvalue weighted by Crippen LogP contribution is 2.30. The third-order valence-electron chi connectivity index (χ3n) is 3.21. The molecule has 3 aromatic rings. The van der Waals surface area contributed by atoms with Gasteiger partial charge in [-0.1, -0.05) is 76.1 Å². The van der Waals surface area contributed by atoms with E-state index in [4.69, 9.17) is 39.5 Å². The fraction of sp³-hybridized carbons (Fsp3) is 0.118. The molecule has 27 heavy (non-hydrogen) atoms. The second-order valence-corrected chi connectivity index (χ2v) is 8.62. The second kappa shape index (κ2) is 9.61. The Bertz CT molecular complexity index is 953. The van der Waals surface area contributed by atoms with Gasteiger partial charge in [-0.3, -0.25) is 10.1 Å². The fourth-order valence-corrected chi connectivity index (χ4v) is 4.48. The van der Waals surface area contributed by atoms with Gasteiger partial charge in [-0.15, -0.1) is 10.2 Å². The van der Waals surface area contributed by atoms with Gasteiger partial charge >= 0.3 is 0 Å². The highest BCUT2D eigenvalue weighted by atomic mass is 35.5. The molecule has 0 aliphatic carbocycles. The van der Waals surface area contributed by atoms with Crippen molar-refractivity contribution in [2.45, 2.75) is 10.1 Å². The van der Waals surface area contributed by atoms with Crippen molar-refractivity contribution in [3.05, 3.63) is 63.1 Å². The normalized spacial score (nSPS) is 10.6. The first-order valence-electron chi connectivity index (χ1n) is 7.58. The van der Waals surface area contributed by atoms with Gasteiger partial charge in [-0.25, -0.2) is 0 Å². The van der Waals surface area contributed by atoms with Crippen molar-refractivity contribution in [3.8, 4) is 5.75 Å². The van der Waals surface area contributed by atoms with Gasteiger partial charge in [0.05, 0.1) is 5.02 Å². The summed E-state index contributed by atoms with van der Waals surface area (Å²) in [5.74, 6) is 0.685. The number of thioether (sulfide) groups is 1. The van der Waals surface area contributed by atoms with E-state index in [1.54, 1.807) is 18.2 Å². The highest BCUT2D eigenvalue weighted by Gasteiger charge is 2.11. The molecule has 1 amide bonds. The van der Waals surface area contributed by atoms with Crippen LogP contribution in [0, 0.1) is 0 Å². The standard InChI is InChI=1S/C17H12Cl3N3O2S2/c18-11-5-6-14(13(20)7-11)25-8-15(24)21-16-22-23-17(27-16)26-9-10-3-1-2-4-12(10)19/h1-7H,8-9H2,(H,21,22,24). The van der Waals surface area contributed by atoms with Gasteiger partial charge in [0.2, 0.25) is 5.13 Å². The minimum Gasteiger partial charge on any atom is -0.482 e. The number of amides is 1. The molecule has 10 heteroatoms. The molecule has 0 spiro atoms.